The maximum atomic E-state index is 11.2. The molecule has 0 unspecified atom stereocenters. The van der Waals surface area contributed by atoms with Crippen molar-refractivity contribution in [2.45, 2.75) is 12.8 Å². The molecule has 0 fully saturated rings. The fourth-order valence-electron chi connectivity index (χ4n) is 2.03. The van der Waals surface area contributed by atoms with E-state index < -0.39 is 6.09 Å². The van der Waals surface area contributed by atoms with Gasteiger partial charge in [0, 0.05) is 5.56 Å². The van der Waals surface area contributed by atoms with E-state index in [1.165, 1.54) is 7.11 Å². The van der Waals surface area contributed by atoms with Gasteiger partial charge in [-0.05, 0) is 30.5 Å². The van der Waals surface area contributed by atoms with Crippen LogP contribution in [-0.2, 0) is 11.2 Å². The van der Waals surface area contributed by atoms with Crippen LogP contribution in [0, 0.1) is 0 Å². The molecule has 0 aliphatic heterocycles. The second-order valence-electron chi connectivity index (χ2n) is 4.66. The van der Waals surface area contributed by atoms with Crippen molar-refractivity contribution in [3.05, 3.63) is 65.7 Å². The predicted octanol–water partition coefficient (Wildman–Crippen LogP) is 3.09. The minimum atomic E-state index is -0.646. The summed E-state index contributed by atoms with van der Waals surface area (Å²) in [6, 6.07) is 16.8. The molecular formula is C17H18N2O3. The number of aromatic hydroxyl groups is 1. The van der Waals surface area contributed by atoms with Crippen LogP contribution in [0.3, 0.4) is 0 Å². The quantitative estimate of drug-likeness (QED) is 0.658. The number of hydrogen-bond acceptors (Lipinski definition) is 4. The van der Waals surface area contributed by atoms with Gasteiger partial charge in [-0.2, -0.15) is 5.10 Å². The Balaban J connectivity index is 2.18. The molecule has 114 valence electrons. The Hall–Kier alpha value is -2.82. The smallest absolute Gasteiger partial charge is 0.427 e. The number of phenolic OH excluding ortho intramolecular Hbond substituents is 1. The van der Waals surface area contributed by atoms with E-state index in [1.807, 2.05) is 36.4 Å². The molecule has 22 heavy (non-hydrogen) atoms. The van der Waals surface area contributed by atoms with E-state index in [0.717, 1.165) is 12.0 Å². The van der Waals surface area contributed by atoms with E-state index >= 15 is 0 Å². The normalized spacial score (nSPS) is 11.0. The molecule has 2 N–H and O–H groups in total. The van der Waals surface area contributed by atoms with Gasteiger partial charge < -0.3 is 9.84 Å². The van der Waals surface area contributed by atoms with Crippen LogP contribution in [0.25, 0.3) is 0 Å². The molecule has 0 radical (unpaired) electrons. The second kappa shape index (κ2) is 7.83. The van der Waals surface area contributed by atoms with Crippen LogP contribution in [0.1, 0.15) is 17.5 Å². The van der Waals surface area contributed by atoms with Gasteiger partial charge in [-0.3, -0.25) is 0 Å². The Kier molecular flexibility index (Phi) is 5.54. The summed E-state index contributed by atoms with van der Waals surface area (Å²) < 4.78 is 4.51. The first-order valence-corrected chi connectivity index (χ1v) is 6.93. The highest BCUT2D eigenvalue weighted by molar-refractivity contribution is 6.03. The van der Waals surface area contributed by atoms with Gasteiger partial charge in [0.1, 0.15) is 5.75 Å². The molecule has 5 nitrogen and oxygen atoms in total. The Morgan fingerprint density at radius 1 is 1.14 bits per heavy atom. The first-order chi connectivity index (χ1) is 10.7. The topological polar surface area (TPSA) is 70.9 Å². The molecule has 0 heterocycles. The summed E-state index contributed by atoms with van der Waals surface area (Å²) in [5, 5.41) is 14.0. The minimum absolute atomic E-state index is 0.126. The molecule has 0 saturated carbocycles. The Bertz CT molecular complexity index is 654. The number of amides is 1. The molecule has 0 aliphatic carbocycles. The number of hydrogen-bond donors (Lipinski definition) is 2. The zero-order chi connectivity index (χ0) is 15.8. The monoisotopic (exact) mass is 298 g/mol. The molecule has 5 heteroatoms. The lowest BCUT2D eigenvalue weighted by Gasteiger charge is -2.09. The number of ether oxygens (including phenoxy) is 1. The fraction of sp³-hybridized carbons (Fsp3) is 0.176. The second-order valence-corrected chi connectivity index (χ2v) is 4.66. The first-order valence-electron chi connectivity index (χ1n) is 6.93. The van der Waals surface area contributed by atoms with Gasteiger partial charge in [0.2, 0.25) is 0 Å². The van der Waals surface area contributed by atoms with Gasteiger partial charge in [0.25, 0.3) is 0 Å². The standard InChI is InChI=1S/C17H18N2O3/c1-22-17(21)19-18-15(14-9-5-6-10-16(14)20)12-11-13-7-3-2-4-8-13/h2-10,20H,11-12H2,1H3,(H,19,21)/b18-15+. The number of para-hydroxylation sites is 1. The number of phenols is 1. The Labute approximate surface area is 129 Å². The number of hydrazone groups is 1. The van der Waals surface area contributed by atoms with Crippen LogP contribution >= 0.6 is 0 Å². The van der Waals surface area contributed by atoms with Crippen molar-refractivity contribution in [1.82, 2.24) is 5.43 Å². The lowest BCUT2D eigenvalue weighted by Crippen LogP contribution is -2.20. The van der Waals surface area contributed by atoms with Gasteiger partial charge in [-0.15, -0.1) is 0 Å². The molecule has 0 saturated heterocycles. The number of carbonyl (C=O) groups excluding carboxylic acids is 1. The van der Waals surface area contributed by atoms with Crippen molar-refractivity contribution in [2.24, 2.45) is 5.10 Å². The minimum Gasteiger partial charge on any atom is -0.507 e. The van der Waals surface area contributed by atoms with Crippen molar-refractivity contribution in [2.75, 3.05) is 7.11 Å². The van der Waals surface area contributed by atoms with E-state index in [1.54, 1.807) is 18.2 Å². The summed E-state index contributed by atoms with van der Waals surface area (Å²) in [5.74, 6) is 0.126. The van der Waals surface area contributed by atoms with Crippen LogP contribution in [0.4, 0.5) is 4.79 Å². The maximum Gasteiger partial charge on any atom is 0.427 e. The van der Waals surface area contributed by atoms with Crippen molar-refractivity contribution >= 4 is 11.8 Å². The van der Waals surface area contributed by atoms with Gasteiger partial charge in [-0.25, -0.2) is 10.2 Å². The lowest BCUT2D eigenvalue weighted by molar-refractivity contribution is 0.171. The Morgan fingerprint density at radius 3 is 2.50 bits per heavy atom. The van der Waals surface area contributed by atoms with Crippen molar-refractivity contribution in [1.29, 1.82) is 0 Å². The summed E-state index contributed by atoms with van der Waals surface area (Å²) in [5.41, 5.74) is 4.65. The summed E-state index contributed by atoms with van der Waals surface area (Å²) >= 11 is 0. The van der Waals surface area contributed by atoms with Gasteiger partial charge in [0.05, 0.1) is 12.8 Å². The number of nitrogens with zero attached hydrogens (tertiary/aromatic N) is 1. The molecule has 2 rings (SSSR count). The molecule has 0 aliphatic rings. The fourth-order valence-corrected chi connectivity index (χ4v) is 2.03. The average Bonchev–Trinajstić information content (AvgIpc) is 2.56. The molecule has 2 aromatic rings. The molecule has 0 bridgehead atoms. The lowest BCUT2D eigenvalue weighted by atomic mass is 10.0. The van der Waals surface area contributed by atoms with Crippen LogP contribution < -0.4 is 5.43 Å². The zero-order valence-electron chi connectivity index (χ0n) is 12.3. The van der Waals surface area contributed by atoms with Crippen LogP contribution in [0.15, 0.2) is 59.7 Å². The number of nitrogens with one attached hydrogen (secondary N) is 1. The molecule has 2 aromatic carbocycles. The molecule has 0 spiro atoms. The highest BCUT2D eigenvalue weighted by Crippen LogP contribution is 2.19. The summed E-state index contributed by atoms with van der Waals surface area (Å²) in [6.07, 6.45) is 0.676. The van der Waals surface area contributed by atoms with E-state index in [-0.39, 0.29) is 5.75 Å². The molecule has 0 aromatic heterocycles. The van der Waals surface area contributed by atoms with Gasteiger partial charge in [0.15, 0.2) is 0 Å². The summed E-state index contributed by atoms with van der Waals surface area (Å²) in [7, 11) is 1.27. The van der Waals surface area contributed by atoms with Crippen molar-refractivity contribution < 1.29 is 14.6 Å². The number of benzene rings is 2. The van der Waals surface area contributed by atoms with Gasteiger partial charge in [-0.1, -0.05) is 42.5 Å². The largest absolute Gasteiger partial charge is 0.507 e. The van der Waals surface area contributed by atoms with Crippen LogP contribution in [-0.4, -0.2) is 24.0 Å². The summed E-state index contributed by atoms with van der Waals surface area (Å²) in [4.78, 5) is 11.2. The van der Waals surface area contributed by atoms with Gasteiger partial charge >= 0.3 is 6.09 Å². The highest BCUT2D eigenvalue weighted by Gasteiger charge is 2.10. The van der Waals surface area contributed by atoms with E-state index in [4.69, 9.17) is 0 Å². The first kappa shape index (κ1) is 15.6. The summed E-state index contributed by atoms with van der Waals surface area (Å²) in [6.45, 7) is 0. The number of methoxy groups -OCH3 is 1. The molecule has 1 amide bonds. The van der Waals surface area contributed by atoms with Crippen LogP contribution in [0.2, 0.25) is 0 Å². The predicted molar refractivity (Wildman–Crippen MR) is 84.9 cm³/mol. The SMILES string of the molecule is COC(=O)N/N=C(\CCc1ccccc1)c1ccccc1O. The van der Waals surface area contributed by atoms with Crippen LogP contribution in [0.5, 0.6) is 5.75 Å². The van der Waals surface area contributed by atoms with E-state index in [2.05, 4.69) is 15.3 Å². The maximum absolute atomic E-state index is 11.2. The van der Waals surface area contributed by atoms with E-state index in [0.29, 0.717) is 17.7 Å². The van der Waals surface area contributed by atoms with Crippen molar-refractivity contribution in [3.63, 3.8) is 0 Å². The zero-order valence-corrected chi connectivity index (χ0v) is 12.3. The average molecular weight is 298 g/mol. The highest BCUT2D eigenvalue weighted by atomic mass is 16.5. The third-order valence-corrected chi connectivity index (χ3v) is 3.18. The Morgan fingerprint density at radius 2 is 1.82 bits per heavy atom. The third-order valence-electron chi connectivity index (χ3n) is 3.18. The van der Waals surface area contributed by atoms with E-state index in [9.17, 15) is 9.90 Å². The number of carbonyl (C=O) groups is 1. The molecule has 0 atom stereocenters. The molecular weight excluding hydrogens is 280 g/mol. The van der Waals surface area contributed by atoms with Crippen molar-refractivity contribution in [3.8, 4) is 5.75 Å². The third kappa shape index (κ3) is 4.34. The number of aryl methyl sites for hydroxylation is 1. The number of rotatable bonds is 5.